The fourth-order valence-electron chi connectivity index (χ4n) is 2.27. The molecular formula is C11H19NO. The number of rotatable bonds is 4. The largest absolute Gasteiger partial charge is 0.377 e. The van der Waals surface area contributed by atoms with Gasteiger partial charge in [0.05, 0.1) is 25.2 Å². The minimum Gasteiger partial charge on any atom is -0.377 e. The van der Waals surface area contributed by atoms with Gasteiger partial charge < -0.3 is 4.74 Å². The first-order valence-corrected chi connectivity index (χ1v) is 5.28. The number of hydrogen-bond donors (Lipinski definition) is 0. The zero-order valence-electron chi connectivity index (χ0n) is 8.62. The minimum absolute atomic E-state index is 0.415. The maximum absolute atomic E-state index is 8.37. The summed E-state index contributed by atoms with van der Waals surface area (Å²) in [5, 5.41) is 8.37. The molecule has 2 heteroatoms. The molecule has 1 rings (SSSR count). The minimum atomic E-state index is 0.415. The van der Waals surface area contributed by atoms with Gasteiger partial charge in [0.1, 0.15) is 0 Å². The molecule has 0 radical (unpaired) electrons. The van der Waals surface area contributed by atoms with Crippen LogP contribution in [0.2, 0.25) is 0 Å². The highest BCUT2D eigenvalue weighted by molar-refractivity contribution is 4.82. The van der Waals surface area contributed by atoms with E-state index in [9.17, 15) is 0 Å². The lowest BCUT2D eigenvalue weighted by Gasteiger charge is -2.19. The van der Waals surface area contributed by atoms with E-state index in [0.717, 1.165) is 5.92 Å². The standard InChI is InChI=1S/C11H19NO/c1-3-10-5-6-11(9(10)2)13-8-4-7-12/h9-11H,3-6,8H2,1-2H3. The molecule has 0 aromatic heterocycles. The predicted molar refractivity (Wildman–Crippen MR) is 52.1 cm³/mol. The van der Waals surface area contributed by atoms with Crippen molar-refractivity contribution in [1.82, 2.24) is 0 Å². The zero-order valence-corrected chi connectivity index (χ0v) is 8.62. The summed E-state index contributed by atoms with van der Waals surface area (Å²) in [5.41, 5.74) is 0. The Morgan fingerprint density at radius 3 is 2.77 bits per heavy atom. The van der Waals surface area contributed by atoms with Crippen molar-refractivity contribution in [3.63, 3.8) is 0 Å². The third-order valence-corrected chi connectivity index (χ3v) is 3.22. The van der Waals surface area contributed by atoms with Gasteiger partial charge >= 0.3 is 0 Å². The monoisotopic (exact) mass is 181 g/mol. The normalized spacial score (nSPS) is 33.2. The van der Waals surface area contributed by atoms with Gasteiger partial charge in [0.25, 0.3) is 0 Å². The Bertz CT molecular complexity index is 185. The van der Waals surface area contributed by atoms with Gasteiger partial charge in [0, 0.05) is 0 Å². The van der Waals surface area contributed by atoms with Crippen LogP contribution in [0.25, 0.3) is 0 Å². The highest BCUT2D eigenvalue weighted by Gasteiger charge is 2.31. The molecule has 2 nitrogen and oxygen atoms in total. The van der Waals surface area contributed by atoms with Crippen LogP contribution in [0.15, 0.2) is 0 Å². The van der Waals surface area contributed by atoms with Crippen LogP contribution in [-0.4, -0.2) is 12.7 Å². The molecule has 13 heavy (non-hydrogen) atoms. The molecule has 0 aromatic carbocycles. The highest BCUT2D eigenvalue weighted by Crippen LogP contribution is 2.35. The summed E-state index contributed by atoms with van der Waals surface area (Å²) in [6.07, 6.45) is 4.69. The SMILES string of the molecule is CCC1CCC(OCCC#N)C1C. The molecule has 0 aromatic rings. The van der Waals surface area contributed by atoms with Gasteiger partial charge in [-0.15, -0.1) is 0 Å². The molecule has 0 bridgehead atoms. The molecule has 0 aliphatic heterocycles. The maximum atomic E-state index is 8.37. The Morgan fingerprint density at radius 1 is 1.46 bits per heavy atom. The van der Waals surface area contributed by atoms with Crippen LogP contribution >= 0.6 is 0 Å². The summed E-state index contributed by atoms with van der Waals surface area (Å²) in [5.74, 6) is 1.52. The van der Waals surface area contributed by atoms with Gasteiger partial charge in [0.2, 0.25) is 0 Å². The summed E-state index contributed by atoms with van der Waals surface area (Å²) in [6.45, 7) is 5.14. The van der Waals surface area contributed by atoms with Gasteiger partial charge in [-0.05, 0) is 24.7 Å². The zero-order chi connectivity index (χ0) is 9.68. The first-order chi connectivity index (χ1) is 6.29. The van der Waals surface area contributed by atoms with E-state index in [2.05, 4.69) is 19.9 Å². The second-order valence-corrected chi connectivity index (χ2v) is 3.92. The van der Waals surface area contributed by atoms with E-state index in [1.165, 1.54) is 19.3 Å². The van der Waals surface area contributed by atoms with E-state index in [4.69, 9.17) is 10.00 Å². The van der Waals surface area contributed by atoms with E-state index in [1.807, 2.05) is 0 Å². The topological polar surface area (TPSA) is 33.0 Å². The van der Waals surface area contributed by atoms with Crippen molar-refractivity contribution in [3.05, 3.63) is 0 Å². The summed E-state index contributed by atoms with van der Waals surface area (Å²) in [6, 6.07) is 2.11. The second kappa shape index (κ2) is 5.24. The lowest BCUT2D eigenvalue weighted by atomic mass is 9.95. The average Bonchev–Trinajstić information content (AvgIpc) is 2.48. The van der Waals surface area contributed by atoms with Crippen molar-refractivity contribution in [1.29, 1.82) is 5.26 Å². The van der Waals surface area contributed by atoms with E-state index in [1.54, 1.807) is 0 Å². The summed E-state index contributed by atoms with van der Waals surface area (Å²) in [7, 11) is 0. The summed E-state index contributed by atoms with van der Waals surface area (Å²) in [4.78, 5) is 0. The van der Waals surface area contributed by atoms with Gasteiger partial charge in [-0.3, -0.25) is 0 Å². The third-order valence-electron chi connectivity index (χ3n) is 3.22. The first kappa shape index (κ1) is 10.5. The molecule has 3 atom stereocenters. The van der Waals surface area contributed by atoms with E-state index in [0.29, 0.717) is 25.0 Å². The number of nitriles is 1. The summed E-state index contributed by atoms with van der Waals surface area (Å²) < 4.78 is 5.67. The molecule has 3 unspecified atom stereocenters. The van der Waals surface area contributed by atoms with Crippen molar-refractivity contribution in [2.45, 2.75) is 45.6 Å². The molecule has 0 amide bonds. The van der Waals surface area contributed by atoms with Gasteiger partial charge in [-0.25, -0.2) is 0 Å². The Labute approximate surface area is 80.9 Å². The Morgan fingerprint density at radius 2 is 2.23 bits per heavy atom. The molecule has 1 aliphatic carbocycles. The van der Waals surface area contributed by atoms with Crippen LogP contribution in [0.1, 0.15) is 39.5 Å². The van der Waals surface area contributed by atoms with Crippen LogP contribution in [-0.2, 0) is 4.74 Å². The average molecular weight is 181 g/mol. The molecule has 74 valence electrons. The van der Waals surface area contributed by atoms with Crippen LogP contribution in [0.5, 0.6) is 0 Å². The van der Waals surface area contributed by atoms with Crippen molar-refractivity contribution in [3.8, 4) is 6.07 Å². The lowest BCUT2D eigenvalue weighted by Crippen LogP contribution is -2.19. The van der Waals surface area contributed by atoms with Crippen molar-refractivity contribution >= 4 is 0 Å². The van der Waals surface area contributed by atoms with Crippen LogP contribution in [0.3, 0.4) is 0 Å². The van der Waals surface area contributed by atoms with Crippen molar-refractivity contribution in [2.75, 3.05) is 6.61 Å². The fourth-order valence-corrected chi connectivity index (χ4v) is 2.27. The van der Waals surface area contributed by atoms with E-state index in [-0.39, 0.29) is 0 Å². The van der Waals surface area contributed by atoms with Crippen LogP contribution in [0.4, 0.5) is 0 Å². The lowest BCUT2D eigenvalue weighted by molar-refractivity contribution is 0.0289. The van der Waals surface area contributed by atoms with Crippen molar-refractivity contribution < 1.29 is 4.74 Å². The number of hydrogen-bond acceptors (Lipinski definition) is 2. The molecule has 0 heterocycles. The molecule has 0 saturated heterocycles. The molecule has 0 N–H and O–H groups in total. The number of nitrogens with zero attached hydrogens (tertiary/aromatic N) is 1. The fraction of sp³-hybridized carbons (Fsp3) is 0.909. The smallest absolute Gasteiger partial charge is 0.0645 e. The molecule has 1 saturated carbocycles. The quantitative estimate of drug-likeness (QED) is 0.625. The molecular weight excluding hydrogens is 162 g/mol. The second-order valence-electron chi connectivity index (χ2n) is 3.92. The Balaban J connectivity index is 2.25. The van der Waals surface area contributed by atoms with E-state index < -0.39 is 0 Å². The Hall–Kier alpha value is -0.550. The summed E-state index contributed by atoms with van der Waals surface area (Å²) >= 11 is 0. The maximum Gasteiger partial charge on any atom is 0.0645 e. The van der Waals surface area contributed by atoms with Gasteiger partial charge in [0.15, 0.2) is 0 Å². The van der Waals surface area contributed by atoms with Crippen LogP contribution in [0, 0.1) is 23.2 Å². The van der Waals surface area contributed by atoms with Gasteiger partial charge in [-0.2, -0.15) is 5.26 Å². The molecule has 0 spiro atoms. The number of ether oxygens (including phenoxy) is 1. The first-order valence-electron chi connectivity index (χ1n) is 5.28. The predicted octanol–water partition coefficient (Wildman–Crippen LogP) is 2.74. The van der Waals surface area contributed by atoms with Crippen LogP contribution < -0.4 is 0 Å². The van der Waals surface area contributed by atoms with Crippen molar-refractivity contribution in [2.24, 2.45) is 11.8 Å². The molecule has 1 aliphatic rings. The molecule has 1 fully saturated rings. The van der Waals surface area contributed by atoms with Gasteiger partial charge in [-0.1, -0.05) is 20.3 Å². The third kappa shape index (κ3) is 2.70. The highest BCUT2D eigenvalue weighted by atomic mass is 16.5. The Kier molecular flexibility index (Phi) is 4.24. The van der Waals surface area contributed by atoms with E-state index >= 15 is 0 Å².